The van der Waals surface area contributed by atoms with Gasteiger partial charge in [-0.25, -0.2) is 0 Å². The van der Waals surface area contributed by atoms with Crippen LogP contribution in [0.1, 0.15) is 24.8 Å². The number of carbonyl (C=O) groups excluding carboxylic acids is 1. The van der Waals surface area contributed by atoms with E-state index < -0.39 is 0 Å². The fraction of sp³-hybridized carbons (Fsp3) is 0.429. The number of hydrogen-bond acceptors (Lipinski definition) is 2. The van der Waals surface area contributed by atoms with Crippen LogP contribution in [0, 0.1) is 17.2 Å². The first-order chi connectivity index (χ1) is 8.27. The molecule has 0 heterocycles. The lowest BCUT2D eigenvalue weighted by Gasteiger charge is -2.17. The van der Waals surface area contributed by atoms with E-state index >= 15 is 0 Å². The number of benzene rings is 1. The van der Waals surface area contributed by atoms with Gasteiger partial charge >= 0.3 is 0 Å². The minimum absolute atomic E-state index is 0.0886. The Morgan fingerprint density at radius 3 is 2.76 bits per heavy atom. The third-order valence-electron chi connectivity index (χ3n) is 3.29. The summed E-state index contributed by atoms with van der Waals surface area (Å²) in [4.78, 5) is 13.7. The Hall–Kier alpha value is -1.82. The normalized spacial score (nSPS) is 21.6. The summed E-state index contributed by atoms with van der Waals surface area (Å²) in [6.45, 7) is 2.73. The maximum Gasteiger partial charge on any atom is 0.227 e. The van der Waals surface area contributed by atoms with Crippen molar-refractivity contribution in [3.63, 3.8) is 0 Å². The van der Waals surface area contributed by atoms with Crippen LogP contribution >= 0.6 is 0 Å². The van der Waals surface area contributed by atoms with Gasteiger partial charge < -0.3 is 4.90 Å². The second-order valence-corrected chi connectivity index (χ2v) is 4.37. The third-order valence-corrected chi connectivity index (χ3v) is 3.29. The lowest BCUT2D eigenvalue weighted by Crippen LogP contribution is -2.32. The van der Waals surface area contributed by atoms with Gasteiger partial charge in [0.1, 0.15) is 6.54 Å². The maximum absolute atomic E-state index is 12.1. The van der Waals surface area contributed by atoms with Crippen molar-refractivity contribution in [3.8, 4) is 6.07 Å². The molecule has 1 aliphatic carbocycles. The Labute approximate surface area is 102 Å². The average molecular weight is 228 g/mol. The molecule has 1 saturated carbocycles. The van der Waals surface area contributed by atoms with E-state index in [4.69, 9.17) is 5.26 Å². The molecule has 1 aliphatic rings. The topological polar surface area (TPSA) is 44.1 Å². The quantitative estimate of drug-likeness (QED) is 0.741. The van der Waals surface area contributed by atoms with E-state index in [1.54, 1.807) is 4.90 Å². The molecule has 0 radical (unpaired) electrons. The highest BCUT2D eigenvalue weighted by Gasteiger charge is 2.45. The highest BCUT2D eigenvalue weighted by molar-refractivity contribution is 5.83. The van der Waals surface area contributed by atoms with Gasteiger partial charge in [-0.1, -0.05) is 30.3 Å². The molecule has 88 valence electrons. The molecule has 0 aromatic heterocycles. The molecule has 0 bridgehead atoms. The fourth-order valence-electron chi connectivity index (χ4n) is 2.20. The van der Waals surface area contributed by atoms with Crippen LogP contribution < -0.4 is 0 Å². The zero-order valence-corrected chi connectivity index (χ0v) is 9.97. The van der Waals surface area contributed by atoms with Crippen molar-refractivity contribution in [2.75, 3.05) is 13.1 Å². The standard InChI is InChI=1S/C14H16N2O/c1-2-16(9-8-15)14(17)13-10-12(13)11-6-4-3-5-7-11/h3-7,12-13H,2,9-10H2,1H3. The first-order valence-corrected chi connectivity index (χ1v) is 5.98. The number of nitriles is 1. The van der Waals surface area contributed by atoms with E-state index in [9.17, 15) is 4.79 Å². The lowest BCUT2D eigenvalue weighted by atomic mass is 10.1. The largest absolute Gasteiger partial charge is 0.329 e. The van der Waals surface area contributed by atoms with Gasteiger partial charge in [-0.2, -0.15) is 5.26 Å². The summed E-state index contributed by atoms with van der Waals surface area (Å²) in [5, 5.41) is 8.66. The van der Waals surface area contributed by atoms with Crippen LogP contribution in [-0.2, 0) is 4.79 Å². The molecule has 17 heavy (non-hydrogen) atoms. The minimum Gasteiger partial charge on any atom is -0.329 e. The van der Waals surface area contributed by atoms with Gasteiger partial charge in [0.2, 0.25) is 5.91 Å². The summed E-state index contributed by atoms with van der Waals surface area (Å²) >= 11 is 0. The third kappa shape index (κ3) is 2.47. The highest BCUT2D eigenvalue weighted by Crippen LogP contribution is 2.48. The molecular weight excluding hydrogens is 212 g/mol. The zero-order valence-electron chi connectivity index (χ0n) is 9.97. The van der Waals surface area contributed by atoms with E-state index in [1.165, 1.54) is 5.56 Å². The van der Waals surface area contributed by atoms with Crippen molar-refractivity contribution in [2.45, 2.75) is 19.3 Å². The zero-order chi connectivity index (χ0) is 12.3. The van der Waals surface area contributed by atoms with Crippen molar-refractivity contribution in [2.24, 2.45) is 5.92 Å². The van der Waals surface area contributed by atoms with E-state index in [-0.39, 0.29) is 18.4 Å². The number of amides is 1. The minimum atomic E-state index is 0.0886. The Morgan fingerprint density at radius 2 is 2.18 bits per heavy atom. The van der Waals surface area contributed by atoms with Crippen molar-refractivity contribution < 1.29 is 4.79 Å². The van der Waals surface area contributed by atoms with Crippen LogP contribution in [-0.4, -0.2) is 23.9 Å². The van der Waals surface area contributed by atoms with Gasteiger partial charge in [0.25, 0.3) is 0 Å². The van der Waals surface area contributed by atoms with Gasteiger partial charge in [0.15, 0.2) is 0 Å². The molecule has 3 nitrogen and oxygen atoms in total. The molecule has 0 aliphatic heterocycles. The molecule has 1 aromatic carbocycles. The van der Waals surface area contributed by atoms with Crippen LogP contribution in [0.3, 0.4) is 0 Å². The van der Waals surface area contributed by atoms with Crippen molar-refractivity contribution in [3.05, 3.63) is 35.9 Å². The predicted octanol–water partition coefficient (Wildman–Crippen LogP) is 2.16. The van der Waals surface area contributed by atoms with E-state index in [0.717, 1.165) is 6.42 Å². The summed E-state index contributed by atoms with van der Waals surface area (Å²) in [5.74, 6) is 0.574. The number of hydrogen-bond donors (Lipinski definition) is 0. The smallest absolute Gasteiger partial charge is 0.227 e. The molecule has 3 heteroatoms. The Balaban J connectivity index is 1.99. The van der Waals surface area contributed by atoms with Crippen molar-refractivity contribution in [1.82, 2.24) is 4.90 Å². The number of rotatable bonds is 4. The first-order valence-electron chi connectivity index (χ1n) is 5.98. The predicted molar refractivity (Wildman–Crippen MR) is 65.2 cm³/mol. The average Bonchev–Trinajstić information content (AvgIpc) is 3.16. The molecule has 1 amide bonds. The molecular formula is C14H16N2O. The summed E-state index contributed by atoms with van der Waals surface area (Å²) < 4.78 is 0. The number of nitrogens with zero attached hydrogens (tertiary/aromatic N) is 2. The molecule has 1 fully saturated rings. The molecule has 2 atom stereocenters. The van der Waals surface area contributed by atoms with Gasteiger partial charge in [0, 0.05) is 12.5 Å². The lowest BCUT2D eigenvalue weighted by molar-refractivity contribution is -0.131. The molecule has 0 spiro atoms. The Morgan fingerprint density at radius 1 is 1.47 bits per heavy atom. The van der Waals surface area contributed by atoms with Gasteiger partial charge in [-0.3, -0.25) is 4.79 Å². The summed E-state index contributed by atoms with van der Waals surface area (Å²) in [7, 11) is 0. The Kier molecular flexibility index (Phi) is 3.43. The molecule has 0 saturated heterocycles. The molecule has 2 rings (SSSR count). The SMILES string of the molecule is CCN(CC#N)C(=O)C1CC1c1ccccc1. The highest BCUT2D eigenvalue weighted by atomic mass is 16.2. The van der Waals surface area contributed by atoms with Crippen molar-refractivity contribution >= 4 is 5.91 Å². The van der Waals surface area contributed by atoms with Gasteiger partial charge in [0.05, 0.1) is 6.07 Å². The molecule has 1 aromatic rings. The summed E-state index contributed by atoms with van der Waals surface area (Å²) in [6.07, 6.45) is 0.921. The van der Waals surface area contributed by atoms with Crippen LogP contribution in [0.4, 0.5) is 0 Å². The van der Waals surface area contributed by atoms with E-state index in [1.807, 2.05) is 31.2 Å². The fourth-order valence-corrected chi connectivity index (χ4v) is 2.20. The first kappa shape index (κ1) is 11.7. The number of carbonyl (C=O) groups is 1. The maximum atomic E-state index is 12.1. The van der Waals surface area contributed by atoms with Gasteiger partial charge in [-0.15, -0.1) is 0 Å². The summed E-state index contributed by atoms with van der Waals surface area (Å²) in [6, 6.07) is 12.2. The van der Waals surface area contributed by atoms with Crippen LogP contribution in [0.15, 0.2) is 30.3 Å². The monoisotopic (exact) mass is 228 g/mol. The van der Waals surface area contributed by atoms with Crippen LogP contribution in [0.2, 0.25) is 0 Å². The van der Waals surface area contributed by atoms with Crippen molar-refractivity contribution in [1.29, 1.82) is 5.26 Å². The molecule has 0 N–H and O–H groups in total. The van der Waals surface area contributed by atoms with E-state index in [0.29, 0.717) is 12.5 Å². The second-order valence-electron chi connectivity index (χ2n) is 4.37. The molecule has 2 unspecified atom stereocenters. The van der Waals surface area contributed by atoms with Crippen LogP contribution in [0.25, 0.3) is 0 Å². The van der Waals surface area contributed by atoms with Gasteiger partial charge in [-0.05, 0) is 24.8 Å². The van der Waals surface area contributed by atoms with Crippen LogP contribution in [0.5, 0.6) is 0 Å². The second kappa shape index (κ2) is 5.01. The van der Waals surface area contributed by atoms with E-state index in [2.05, 4.69) is 12.1 Å². The Bertz CT molecular complexity index is 435. The summed E-state index contributed by atoms with van der Waals surface area (Å²) in [5.41, 5.74) is 1.24.